The predicted octanol–water partition coefficient (Wildman–Crippen LogP) is 25.2. The second kappa shape index (κ2) is 32.5. The zero-order valence-electron chi connectivity index (χ0n) is 53.7. The summed E-state index contributed by atoms with van der Waals surface area (Å²) < 4.78 is 2.72. The maximum absolute atomic E-state index is 6.12. The average Bonchev–Trinajstić information content (AvgIpc) is 1.54. The molecule has 2 radical (unpaired) electrons. The van der Waals surface area contributed by atoms with Crippen LogP contribution in [0.2, 0.25) is 0 Å². The van der Waals surface area contributed by atoms with Gasteiger partial charge in [0.1, 0.15) is 0 Å². The van der Waals surface area contributed by atoms with Crippen LogP contribution in [0.1, 0.15) is 286 Å². The van der Waals surface area contributed by atoms with Gasteiger partial charge in [-0.25, -0.2) is 0 Å². The van der Waals surface area contributed by atoms with E-state index in [0.717, 1.165) is 24.0 Å². The molecule has 0 saturated carbocycles. The van der Waals surface area contributed by atoms with Crippen molar-refractivity contribution in [3.05, 3.63) is 199 Å². The van der Waals surface area contributed by atoms with E-state index >= 15 is 0 Å². The van der Waals surface area contributed by atoms with Crippen molar-refractivity contribution in [2.24, 2.45) is 0 Å². The molecule has 0 N–H and O–H groups in total. The van der Waals surface area contributed by atoms with Gasteiger partial charge in [0.05, 0.1) is 5.41 Å². The number of unbranched alkanes of at least 4 members (excludes halogenated alkanes) is 30. The molecule has 9 aromatic rings. The fraction of sp³-hybridized carbons (Fsp3) is 0.463. The van der Waals surface area contributed by atoms with Crippen molar-refractivity contribution in [3.63, 3.8) is 0 Å². The molecule has 88 heavy (non-hydrogen) atoms. The van der Waals surface area contributed by atoms with Gasteiger partial charge >= 0.3 is 212 Å². The fourth-order valence-corrected chi connectivity index (χ4v) is 20.2. The van der Waals surface area contributed by atoms with Crippen LogP contribution in [0.4, 0.5) is 0 Å². The van der Waals surface area contributed by atoms with E-state index in [1.165, 1.54) is 301 Å². The summed E-state index contributed by atoms with van der Waals surface area (Å²) in [7, 11) is 12.2. The van der Waals surface area contributed by atoms with Crippen molar-refractivity contribution in [3.8, 4) is 19.5 Å². The van der Waals surface area contributed by atoms with E-state index in [4.69, 9.17) is 15.0 Å². The van der Waals surface area contributed by atoms with Gasteiger partial charge in [-0.2, -0.15) is 0 Å². The second-order valence-corrected chi connectivity index (χ2v) is 30.3. The van der Waals surface area contributed by atoms with E-state index in [0.29, 0.717) is 0 Å². The summed E-state index contributed by atoms with van der Waals surface area (Å²) in [5.41, 5.74) is 15.0. The second-order valence-electron chi connectivity index (χ2n) is 26.4. The maximum atomic E-state index is 6.12. The van der Waals surface area contributed by atoms with Gasteiger partial charge in [0, 0.05) is 4.88 Å². The Bertz CT molecular complexity index is 3470. The van der Waals surface area contributed by atoms with Crippen molar-refractivity contribution in [2.45, 2.75) is 243 Å². The molecule has 6 heteroatoms. The number of benzene rings is 5. The van der Waals surface area contributed by atoms with Gasteiger partial charge < -0.3 is 0 Å². The molecule has 0 saturated heterocycles. The van der Waals surface area contributed by atoms with Gasteiger partial charge in [0.2, 0.25) is 0 Å². The molecule has 4 aromatic heterocycles. The molecular weight excluding hydrogens is 1130 g/mol. The summed E-state index contributed by atoms with van der Waals surface area (Å²) in [4.78, 5) is 5.65. The Morgan fingerprint density at radius 3 is 0.875 bits per heavy atom. The molecule has 0 spiro atoms. The summed E-state index contributed by atoms with van der Waals surface area (Å²) >= 11 is 7.83. The van der Waals surface area contributed by atoms with Crippen molar-refractivity contribution in [1.82, 2.24) is 0 Å². The summed E-state index contributed by atoms with van der Waals surface area (Å²) in [6.07, 6.45) is 47.2. The first kappa shape index (κ1) is 64.8. The average molecular weight is 1230 g/mol. The molecule has 2 aliphatic rings. The number of rotatable bonds is 40. The van der Waals surface area contributed by atoms with Crippen molar-refractivity contribution < 1.29 is 0 Å². The molecule has 456 valence electrons. The van der Waals surface area contributed by atoms with Gasteiger partial charge in [0.15, 0.2) is 0 Å². The SMILES string of the molecule is [B]=Cc1ccc(C2(c3ccc(C=[B])cc3)c3ccsc3-c3sc4cc5c6c(sc5cc4c32)-c2sccc2C6(c2ccc(CCCCCCCCCCCCCCCCCC)cc2)c2ccc(CCCCCCCCCCCCCCCCCC)cc2)cc1. The first-order valence-electron chi connectivity index (χ1n) is 35.2. The topological polar surface area (TPSA) is 0 Å². The third-order valence-electron chi connectivity index (χ3n) is 20.3. The van der Waals surface area contributed by atoms with Gasteiger partial charge in [-0.1, -0.05) is 255 Å². The van der Waals surface area contributed by atoms with Crippen LogP contribution in [0.25, 0.3) is 39.7 Å². The van der Waals surface area contributed by atoms with Gasteiger partial charge in [0.25, 0.3) is 0 Å². The Labute approximate surface area is 549 Å². The first-order chi connectivity index (χ1) is 43.5. The Balaban J connectivity index is 0.837. The number of aryl methyl sites for hydroxylation is 2. The van der Waals surface area contributed by atoms with E-state index in [1.807, 2.05) is 45.3 Å². The monoisotopic (exact) mass is 1230 g/mol. The molecule has 0 unspecified atom stereocenters. The summed E-state index contributed by atoms with van der Waals surface area (Å²) in [5, 5.41) is 7.42. The molecule has 2 aliphatic carbocycles. The van der Waals surface area contributed by atoms with E-state index in [1.54, 1.807) is 11.9 Å². The Morgan fingerprint density at radius 2 is 0.591 bits per heavy atom. The standard InChI is InChI=1S/C82H98B2S4/c1-3-5-7-9-11-13-15-17-19-21-23-25-27-29-31-33-35-61-37-45-65(46-38-61)81(66-47-39-62(40-48-66)36-34-32-30-28-26-24-22-20-18-16-14-12-10-8-6-4-2)71-53-55-85-77(71)79-75(81)69-57-74-70(58-73(69)87-79)76-80(88-74)78-72(54-56-86-78)82(76,67-49-41-63(59-83)42-50-67)68-51-43-64(60-84)44-52-68/h37-60H,3-36H2,1-2H3. The van der Waals surface area contributed by atoms with Gasteiger partial charge in [-0.05, 0) is 64.9 Å². The Hall–Kier alpha value is -4.71. The number of hydrogen-bond donors (Lipinski definition) is 0. The van der Waals surface area contributed by atoms with Crippen LogP contribution in [0.5, 0.6) is 0 Å². The number of fused-ring (bicyclic) bond motifs is 10. The van der Waals surface area contributed by atoms with Crippen LogP contribution < -0.4 is 0 Å². The van der Waals surface area contributed by atoms with E-state index in [9.17, 15) is 0 Å². The van der Waals surface area contributed by atoms with Crippen molar-refractivity contribution in [1.29, 1.82) is 0 Å². The Kier molecular flexibility index (Phi) is 24.0. The summed E-state index contributed by atoms with van der Waals surface area (Å²) in [6, 6.07) is 48.1. The minimum absolute atomic E-state index is 0.440. The fourth-order valence-electron chi connectivity index (χ4n) is 15.4. The van der Waals surface area contributed by atoms with Crippen molar-refractivity contribution in [2.75, 3.05) is 0 Å². The minimum atomic E-state index is -0.511. The van der Waals surface area contributed by atoms with Gasteiger partial charge in [-0.15, -0.1) is 11.3 Å². The molecule has 0 amide bonds. The zero-order valence-corrected chi connectivity index (χ0v) is 57.0. The quantitative estimate of drug-likeness (QED) is 0.0265. The zero-order chi connectivity index (χ0) is 60.4. The van der Waals surface area contributed by atoms with E-state index < -0.39 is 10.8 Å². The molecule has 11 rings (SSSR count). The van der Waals surface area contributed by atoms with E-state index in [-0.39, 0.29) is 0 Å². The van der Waals surface area contributed by atoms with Crippen LogP contribution >= 0.6 is 45.3 Å². The number of hydrogen-bond acceptors (Lipinski definition) is 4. The molecule has 5 aromatic carbocycles. The predicted molar refractivity (Wildman–Crippen MR) is 396 cm³/mol. The molecule has 4 heterocycles. The summed E-state index contributed by atoms with van der Waals surface area (Å²) in [6.45, 7) is 4.62. The van der Waals surface area contributed by atoms with Crippen LogP contribution in [-0.2, 0) is 23.7 Å². The van der Waals surface area contributed by atoms with Crippen LogP contribution in [0, 0.1) is 0 Å². The molecule has 0 bridgehead atoms. The molecule has 0 atom stereocenters. The molecule has 0 fully saturated rings. The Morgan fingerprint density at radius 1 is 0.318 bits per heavy atom. The molecular formula is C82H98B2S4. The van der Waals surface area contributed by atoms with Gasteiger partial charge in [-0.3, -0.25) is 0 Å². The molecule has 0 nitrogen and oxygen atoms in total. The summed E-state index contributed by atoms with van der Waals surface area (Å²) in [5.74, 6) is 3.41. The first-order valence-corrected chi connectivity index (χ1v) is 38.6. The van der Waals surface area contributed by atoms with E-state index in [2.05, 4.69) is 146 Å². The van der Waals surface area contributed by atoms with Crippen LogP contribution in [0.3, 0.4) is 0 Å². The van der Waals surface area contributed by atoms with Crippen molar-refractivity contribution >= 4 is 92.4 Å². The van der Waals surface area contributed by atoms with Crippen LogP contribution in [0.15, 0.2) is 132 Å². The normalized spacial score (nSPS) is 13.5. The molecule has 0 aliphatic heterocycles. The third kappa shape index (κ3) is 14.3. The van der Waals surface area contributed by atoms with Crippen LogP contribution in [-0.4, -0.2) is 26.9 Å². The number of thiophene rings is 4. The third-order valence-corrected chi connectivity index (χ3v) is 24.7.